The average Bonchev–Trinajstić information content (AvgIpc) is 2.45. The molecule has 0 saturated carbocycles. The van der Waals surface area contributed by atoms with Crippen molar-refractivity contribution in [2.45, 2.75) is 33.4 Å². The van der Waals surface area contributed by atoms with Crippen LogP contribution in [-0.2, 0) is 11.3 Å². The third-order valence-electron chi connectivity index (χ3n) is 2.61. The number of hydrogen-bond acceptors (Lipinski definition) is 3. The largest absolute Gasteiger partial charge is 0.368 e. The predicted molar refractivity (Wildman–Crippen MR) is 58.4 cm³/mol. The first-order valence-electron chi connectivity index (χ1n) is 4.97. The highest BCUT2D eigenvalue weighted by molar-refractivity contribution is 5.77. The second-order valence-electron chi connectivity index (χ2n) is 3.70. The molecule has 0 bridgehead atoms. The number of nitrogens with two attached hydrogens (primary N) is 1. The van der Waals surface area contributed by atoms with Gasteiger partial charge in [-0.25, -0.2) is 0 Å². The lowest BCUT2D eigenvalue weighted by atomic mass is 10.2. The zero-order valence-electron chi connectivity index (χ0n) is 9.66. The van der Waals surface area contributed by atoms with E-state index in [1.807, 2.05) is 20.9 Å². The number of aromatic nitrogens is 2. The van der Waals surface area contributed by atoms with Gasteiger partial charge in [-0.3, -0.25) is 9.48 Å². The molecule has 1 rings (SSSR count). The van der Waals surface area contributed by atoms with E-state index >= 15 is 0 Å². The predicted octanol–water partition coefficient (Wildman–Crippen LogP) is 0.266. The maximum Gasteiger partial charge on any atom is 0.242 e. The molecule has 0 aliphatic heterocycles. The number of primary amides is 1. The molecule has 0 aliphatic rings. The summed E-state index contributed by atoms with van der Waals surface area (Å²) in [5, 5.41) is 7.40. The summed E-state index contributed by atoms with van der Waals surface area (Å²) < 4.78 is 1.68. The summed E-state index contributed by atoms with van der Waals surface area (Å²) >= 11 is 0. The molecule has 84 valence electrons. The van der Waals surface area contributed by atoms with Crippen LogP contribution in [-0.4, -0.2) is 22.7 Å². The van der Waals surface area contributed by atoms with Gasteiger partial charge < -0.3 is 11.1 Å². The Bertz CT molecular complexity index is 370. The minimum absolute atomic E-state index is 0.364. The minimum atomic E-state index is -0.394. The van der Waals surface area contributed by atoms with Crippen LogP contribution >= 0.6 is 0 Å². The summed E-state index contributed by atoms with van der Waals surface area (Å²) in [6, 6.07) is -0.394. The lowest BCUT2D eigenvalue weighted by Crippen LogP contribution is -2.25. The zero-order valence-corrected chi connectivity index (χ0v) is 9.66. The molecular weight excluding hydrogens is 192 g/mol. The molecule has 0 spiro atoms. The van der Waals surface area contributed by atoms with Crippen molar-refractivity contribution in [1.82, 2.24) is 15.1 Å². The van der Waals surface area contributed by atoms with Gasteiger partial charge >= 0.3 is 0 Å². The normalized spacial score (nSPS) is 12.8. The monoisotopic (exact) mass is 210 g/mol. The van der Waals surface area contributed by atoms with Gasteiger partial charge in [0, 0.05) is 17.8 Å². The first kappa shape index (κ1) is 11.7. The van der Waals surface area contributed by atoms with Crippen molar-refractivity contribution in [3.8, 4) is 0 Å². The van der Waals surface area contributed by atoms with Crippen LogP contribution in [0.15, 0.2) is 0 Å². The van der Waals surface area contributed by atoms with Gasteiger partial charge in [0.25, 0.3) is 0 Å². The third kappa shape index (κ3) is 2.18. The summed E-state index contributed by atoms with van der Waals surface area (Å²) in [6.07, 6.45) is 0. The van der Waals surface area contributed by atoms with Crippen LogP contribution < -0.4 is 11.1 Å². The molecule has 1 heterocycles. The van der Waals surface area contributed by atoms with Gasteiger partial charge in [0.1, 0.15) is 6.04 Å². The zero-order chi connectivity index (χ0) is 11.6. The fourth-order valence-corrected chi connectivity index (χ4v) is 1.63. The Balaban J connectivity index is 3.11. The van der Waals surface area contributed by atoms with Crippen molar-refractivity contribution in [2.75, 3.05) is 7.05 Å². The molecule has 1 amide bonds. The lowest BCUT2D eigenvalue weighted by Gasteiger charge is -2.10. The second kappa shape index (κ2) is 4.44. The summed E-state index contributed by atoms with van der Waals surface area (Å²) in [7, 11) is 1.88. The molecular formula is C10H18N4O. The molecule has 1 atom stereocenters. The Hall–Kier alpha value is -1.36. The van der Waals surface area contributed by atoms with Crippen molar-refractivity contribution >= 4 is 5.91 Å². The molecule has 0 fully saturated rings. The Morgan fingerprint density at radius 1 is 1.60 bits per heavy atom. The van der Waals surface area contributed by atoms with Crippen LogP contribution in [0.25, 0.3) is 0 Å². The Labute approximate surface area is 89.6 Å². The van der Waals surface area contributed by atoms with Crippen molar-refractivity contribution in [3.05, 3.63) is 17.0 Å². The number of hydrogen-bond donors (Lipinski definition) is 2. The molecule has 0 aliphatic carbocycles. The van der Waals surface area contributed by atoms with Crippen LogP contribution in [0.3, 0.4) is 0 Å². The van der Waals surface area contributed by atoms with Gasteiger partial charge in [0.15, 0.2) is 0 Å². The number of carbonyl (C=O) groups is 1. The number of nitrogens with zero attached hydrogens (tertiary/aromatic N) is 2. The van der Waals surface area contributed by atoms with Gasteiger partial charge in [0.2, 0.25) is 5.91 Å². The Morgan fingerprint density at radius 3 is 2.67 bits per heavy atom. The maximum absolute atomic E-state index is 11.1. The molecule has 1 unspecified atom stereocenters. The summed E-state index contributed by atoms with van der Waals surface area (Å²) in [5.74, 6) is -0.364. The summed E-state index contributed by atoms with van der Waals surface area (Å²) in [6.45, 7) is 6.39. The molecule has 3 N–H and O–H groups in total. The molecule has 0 saturated heterocycles. The van der Waals surface area contributed by atoms with E-state index in [0.717, 1.165) is 23.5 Å². The minimum Gasteiger partial charge on any atom is -0.368 e. The molecule has 0 radical (unpaired) electrons. The van der Waals surface area contributed by atoms with E-state index < -0.39 is 6.04 Å². The number of nitrogens with one attached hydrogen (secondary N) is 1. The molecule has 0 aromatic carbocycles. The third-order valence-corrected chi connectivity index (χ3v) is 2.61. The van der Waals surface area contributed by atoms with E-state index in [-0.39, 0.29) is 5.91 Å². The number of aryl methyl sites for hydroxylation is 1. The van der Waals surface area contributed by atoms with Gasteiger partial charge in [0.05, 0.1) is 5.69 Å². The quantitative estimate of drug-likeness (QED) is 0.749. The van der Waals surface area contributed by atoms with Crippen LogP contribution in [0.4, 0.5) is 0 Å². The first-order chi connectivity index (χ1) is 6.99. The average molecular weight is 210 g/mol. The highest BCUT2D eigenvalue weighted by Gasteiger charge is 2.18. The van der Waals surface area contributed by atoms with Crippen LogP contribution in [0.5, 0.6) is 0 Å². The fraction of sp³-hybridized carbons (Fsp3) is 0.600. The number of rotatable bonds is 4. The second-order valence-corrected chi connectivity index (χ2v) is 3.70. The highest BCUT2D eigenvalue weighted by atomic mass is 16.1. The Morgan fingerprint density at radius 2 is 2.20 bits per heavy atom. The molecule has 1 aromatic rings. The first-order valence-corrected chi connectivity index (χ1v) is 4.97. The Kier molecular flexibility index (Phi) is 3.47. The van der Waals surface area contributed by atoms with Crippen molar-refractivity contribution in [3.63, 3.8) is 0 Å². The highest BCUT2D eigenvalue weighted by Crippen LogP contribution is 2.16. The van der Waals surface area contributed by atoms with E-state index in [1.165, 1.54) is 0 Å². The molecule has 5 nitrogen and oxygen atoms in total. The van der Waals surface area contributed by atoms with Gasteiger partial charge in [-0.15, -0.1) is 0 Å². The van der Waals surface area contributed by atoms with Crippen LogP contribution in [0.1, 0.15) is 29.9 Å². The maximum atomic E-state index is 11.1. The van der Waals surface area contributed by atoms with Gasteiger partial charge in [-0.1, -0.05) is 0 Å². The van der Waals surface area contributed by atoms with E-state index in [1.54, 1.807) is 11.6 Å². The standard InChI is InChI=1S/C10H18N4O/c1-6-9(5-12-4)7(2)14(13-6)8(3)10(11)15/h8,12H,5H2,1-4H3,(H2,11,15). The van der Waals surface area contributed by atoms with Crippen molar-refractivity contribution < 1.29 is 4.79 Å². The van der Waals surface area contributed by atoms with Crippen molar-refractivity contribution in [1.29, 1.82) is 0 Å². The fourth-order valence-electron chi connectivity index (χ4n) is 1.63. The molecule has 5 heteroatoms. The van der Waals surface area contributed by atoms with E-state index in [9.17, 15) is 4.79 Å². The summed E-state index contributed by atoms with van der Waals surface area (Å²) in [4.78, 5) is 11.1. The van der Waals surface area contributed by atoms with Gasteiger partial charge in [-0.2, -0.15) is 5.10 Å². The smallest absolute Gasteiger partial charge is 0.242 e. The number of carbonyl (C=O) groups excluding carboxylic acids is 1. The molecule has 1 aromatic heterocycles. The van der Waals surface area contributed by atoms with Crippen molar-refractivity contribution in [2.24, 2.45) is 5.73 Å². The lowest BCUT2D eigenvalue weighted by molar-refractivity contribution is -0.121. The SMILES string of the molecule is CNCc1c(C)nn(C(C)C(N)=O)c1C. The summed E-state index contributed by atoms with van der Waals surface area (Å²) in [5.41, 5.74) is 8.32. The molecule has 15 heavy (non-hydrogen) atoms. The number of amides is 1. The van der Waals surface area contributed by atoms with E-state index in [2.05, 4.69) is 10.4 Å². The van der Waals surface area contributed by atoms with E-state index in [0.29, 0.717) is 0 Å². The van der Waals surface area contributed by atoms with Crippen LogP contribution in [0, 0.1) is 13.8 Å². The van der Waals surface area contributed by atoms with E-state index in [4.69, 9.17) is 5.73 Å². The topological polar surface area (TPSA) is 72.9 Å². The van der Waals surface area contributed by atoms with Gasteiger partial charge in [-0.05, 0) is 27.8 Å². The van der Waals surface area contributed by atoms with Crippen LogP contribution in [0.2, 0.25) is 0 Å².